The van der Waals surface area contributed by atoms with Crippen molar-refractivity contribution in [2.24, 2.45) is 5.73 Å². The van der Waals surface area contributed by atoms with Crippen LogP contribution in [0, 0.1) is 0 Å². The Labute approximate surface area is 83.2 Å². The van der Waals surface area contributed by atoms with Crippen LogP contribution in [0.15, 0.2) is 30.3 Å². The molecule has 0 saturated carbocycles. The van der Waals surface area contributed by atoms with Crippen molar-refractivity contribution < 1.29 is 9.53 Å². The van der Waals surface area contributed by atoms with Gasteiger partial charge in [-0.15, -0.1) is 0 Å². The van der Waals surface area contributed by atoms with Crippen LogP contribution in [0.3, 0.4) is 0 Å². The number of primary amides is 1. The Balaban J connectivity index is 2.68. The maximum Gasteiger partial charge on any atom is 0.241 e. The third-order valence-corrected chi connectivity index (χ3v) is 1.73. The van der Waals surface area contributed by atoms with E-state index in [2.05, 4.69) is 0 Å². The zero-order chi connectivity index (χ0) is 10.4. The molecule has 0 atom stereocenters. The number of carbonyl (C=O) groups is 1. The molecule has 3 heteroatoms. The zero-order valence-electron chi connectivity index (χ0n) is 8.07. The number of amides is 1. The smallest absolute Gasteiger partial charge is 0.241 e. The summed E-state index contributed by atoms with van der Waals surface area (Å²) >= 11 is 0. The molecule has 0 aliphatic rings. The van der Waals surface area contributed by atoms with Crippen LogP contribution < -0.4 is 5.73 Å². The van der Waals surface area contributed by atoms with Gasteiger partial charge in [-0.2, -0.15) is 0 Å². The molecule has 0 unspecified atom stereocenters. The molecule has 74 valence electrons. The van der Waals surface area contributed by atoms with E-state index in [1.807, 2.05) is 24.3 Å². The van der Waals surface area contributed by atoms with E-state index in [9.17, 15) is 4.79 Å². The number of hydrogen-bond acceptors (Lipinski definition) is 2. The largest absolute Gasteiger partial charge is 0.380 e. The number of methoxy groups -OCH3 is 1. The molecule has 14 heavy (non-hydrogen) atoms. The van der Waals surface area contributed by atoms with Crippen molar-refractivity contribution in [3.63, 3.8) is 0 Å². The summed E-state index contributed by atoms with van der Waals surface area (Å²) in [5, 5.41) is 0. The third kappa shape index (κ3) is 3.41. The van der Waals surface area contributed by atoms with Gasteiger partial charge in [-0.25, -0.2) is 0 Å². The van der Waals surface area contributed by atoms with Crippen molar-refractivity contribution in [3.8, 4) is 0 Å². The van der Waals surface area contributed by atoms with Crippen LogP contribution in [0.5, 0.6) is 0 Å². The fraction of sp³-hybridized carbons (Fsp3) is 0.182. The number of benzene rings is 1. The molecule has 0 saturated heterocycles. The Morgan fingerprint density at radius 3 is 2.57 bits per heavy atom. The van der Waals surface area contributed by atoms with E-state index >= 15 is 0 Å². The second kappa shape index (κ2) is 5.19. The molecule has 0 bridgehead atoms. The summed E-state index contributed by atoms with van der Waals surface area (Å²) in [5.41, 5.74) is 7.02. The van der Waals surface area contributed by atoms with Crippen LogP contribution in [0.25, 0.3) is 6.08 Å². The van der Waals surface area contributed by atoms with E-state index in [0.717, 1.165) is 11.1 Å². The average Bonchev–Trinajstić information content (AvgIpc) is 2.17. The Morgan fingerprint density at radius 1 is 1.43 bits per heavy atom. The number of ether oxygens (including phenoxy) is 1. The van der Waals surface area contributed by atoms with Gasteiger partial charge in [0.15, 0.2) is 0 Å². The SMILES string of the molecule is COCc1ccc(C=CC(N)=O)cc1. The standard InChI is InChI=1S/C11H13NO2/c1-14-8-10-4-2-9(3-5-10)6-7-11(12)13/h2-7H,8H2,1H3,(H2,12,13). The van der Waals surface area contributed by atoms with Gasteiger partial charge in [-0.1, -0.05) is 24.3 Å². The lowest BCUT2D eigenvalue weighted by Gasteiger charge is -1.99. The summed E-state index contributed by atoms with van der Waals surface area (Å²) in [5.74, 6) is -0.439. The fourth-order valence-electron chi connectivity index (χ4n) is 1.07. The maximum atomic E-state index is 10.5. The predicted molar refractivity (Wildman–Crippen MR) is 55.4 cm³/mol. The first kappa shape index (κ1) is 10.5. The summed E-state index contributed by atoms with van der Waals surface area (Å²) in [6.45, 7) is 0.597. The quantitative estimate of drug-likeness (QED) is 0.730. The van der Waals surface area contributed by atoms with Gasteiger partial charge in [-0.05, 0) is 17.2 Å². The Kier molecular flexibility index (Phi) is 3.88. The predicted octanol–water partition coefficient (Wildman–Crippen LogP) is 1.33. The summed E-state index contributed by atoms with van der Waals surface area (Å²) in [4.78, 5) is 10.5. The van der Waals surface area contributed by atoms with Crippen LogP contribution in [-0.4, -0.2) is 13.0 Å². The molecule has 2 N–H and O–H groups in total. The summed E-state index contributed by atoms with van der Waals surface area (Å²) in [6, 6.07) is 7.72. The Bertz CT molecular complexity index is 328. The zero-order valence-corrected chi connectivity index (χ0v) is 8.07. The molecule has 1 aromatic carbocycles. The second-order valence-corrected chi connectivity index (χ2v) is 2.91. The molecule has 0 spiro atoms. The summed E-state index contributed by atoms with van der Waals surface area (Å²) < 4.78 is 4.97. The van der Waals surface area contributed by atoms with Gasteiger partial charge in [0, 0.05) is 13.2 Å². The molecule has 0 aliphatic carbocycles. The van der Waals surface area contributed by atoms with E-state index in [1.165, 1.54) is 6.08 Å². The second-order valence-electron chi connectivity index (χ2n) is 2.91. The first-order valence-corrected chi connectivity index (χ1v) is 4.28. The van der Waals surface area contributed by atoms with Gasteiger partial charge in [0.05, 0.1) is 6.61 Å². The Hall–Kier alpha value is -1.61. The highest BCUT2D eigenvalue weighted by molar-refractivity contribution is 5.90. The van der Waals surface area contributed by atoms with Crippen LogP contribution >= 0.6 is 0 Å². The maximum absolute atomic E-state index is 10.5. The highest BCUT2D eigenvalue weighted by Gasteiger charge is 1.91. The molecule has 0 aliphatic heterocycles. The van der Waals surface area contributed by atoms with Gasteiger partial charge in [0.25, 0.3) is 0 Å². The molecule has 1 amide bonds. The van der Waals surface area contributed by atoms with Gasteiger partial charge < -0.3 is 10.5 Å². The minimum Gasteiger partial charge on any atom is -0.380 e. The monoisotopic (exact) mass is 191 g/mol. The highest BCUT2D eigenvalue weighted by Crippen LogP contribution is 2.06. The summed E-state index contributed by atoms with van der Waals surface area (Å²) in [6.07, 6.45) is 3.02. The van der Waals surface area contributed by atoms with Crippen molar-refractivity contribution >= 4 is 12.0 Å². The van der Waals surface area contributed by atoms with Crippen molar-refractivity contribution in [1.82, 2.24) is 0 Å². The topological polar surface area (TPSA) is 52.3 Å². The van der Waals surface area contributed by atoms with Gasteiger partial charge in [0.2, 0.25) is 5.91 Å². The van der Waals surface area contributed by atoms with E-state index in [4.69, 9.17) is 10.5 Å². The molecular formula is C11H13NO2. The number of rotatable bonds is 4. The van der Waals surface area contributed by atoms with Crippen LogP contribution in [0.4, 0.5) is 0 Å². The minimum absolute atomic E-state index is 0.439. The van der Waals surface area contributed by atoms with Crippen LogP contribution in [-0.2, 0) is 16.1 Å². The van der Waals surface area contributed by atoms with E-state index in [0.29, 0.717) is 6.61 Å². The van der Waals surface area contributed by atoms with Gasteiger partial charge in [0.1, 0.15) is 0 Å². The first-order chi connectivity index (χ1) is 6.72. The van der Waals surface area contributed by atoms with Gasteiger partial charge >= 0.3 is 0 Å². The summed E-state index contributed by atoms with van der Waals surface area (Å²) in [7, 11) is 1.65. The highest BCUT2D eigenvalue weighted by atomic mass is 16.5. The average molecular weight is 191 g/mol. The number of hydrogen-bond donors (Lipinski definition) is 1. The number of carbonyl (C=O) groups excluding carboxylic acids is 1. The fourth-order valence-corrected chi connectivity index (χ4v) is 1.07. The van der Waals surface area contributed by atoms with Crippen molar-refractivity contribution in [1.29, 1.82) is 0 Å². The van der Waals surface area contributed by atoms with Crippen molar-refractivity contribution in [2.45, 2.75) is 6.61 Å². The molecule has 3 nitrogen and oxygen atoms in total. The van der Waals surface area contributed by atoms with Crippen LogP contribution in [0.2, 0.25) is 0 Å². The van der Waals surface area contributed by atoms with Crippen molar-refractivity contribution in [3.05, 3.63) is 41.5 Å². The molecular weight excluding hydrogens is 178 g/mol. The lowest BCUT2D eigenvalue weighted by molar-refractivity contribution is -0.113. The minimum atomic E-state index is -0.439. The number of nitrogens with two attached hydrogens (primary N) is 1. The lowest BCUT2D eigenvalue weighted by atomic mass is 10.1. The molecule has 0 aromatic heterocycles. The normalized spacial score (nSPS) is 10.6. The molecule has 0 heterocycles. The lowest BCUT2D eigenvalue weighted by Crippen LogP contribution is -2.05. The van der Waals surface area contributed by atoms with Crippen LogP contribution in [0.1, 0.15) is 11.1 Å². The third-order valence-electron chi connectivity index (χ3n) is 1.73. The first-order valence-electron chi connectivity index (χ1n) is 4.28. The van der Waals surface area contributed by atoms with Crippen molar-refractivity contribution in [2.75, 3.05) is 7.11 Å². The van der Waals surface area contributed by atoms with E-state index < -0.39 is 5.91 Å². The van der Waals surface area contributed by atoms with E-state index in [-0.39, 0.29) is 0 Å². The molecule has 1 rings (SSSR count). The van der Waals surface area contributed by atoms with E-state index in [1.54, 1.807) is 13.2 Å². The van der Waals surface area contributed by atoms with Gasteiger partial charge in [-0.3, -0.25) is 4.79 Å². The molecule has 1 aromatic rings. The Morgan fingerprint density at radius 2 is 2.07 bits per heavy atom. The molecule has 0 fully saturated rings. The molecule has 0 radical (unpaired) electrons.